The molecular weight excluding hydrogens is 336 g/mol. The van der Waals surface area contributed by atoms with Crippen molar-refractivity contribution in [3.63, 3.8) is 0 Å². The van der Waals surface area contributed by atoms with E-state index in [0.717, 1.165) is 44.8 Å². The molecule has 0 unspecified atom stereocenters. The number of methoxy groups -OCH3 is 1. The molecule has 2 aliphatic rings. The van der Waals surface area contributed by atoms with Crippen LogP contribution in [-0.4, -0.2) is 50.5 Å². The molecule has 1 fully saturated rings. The number of hydrogen-bond donors (Lipinski definition) is 0. The van der Waals surface area contributed by atoms with E-state index in [9.17, 15) is 4.79 Å². The fraction of sp³-hybridized carbons (Fsp3) is 0.609. The van der Waals surface area contributed by atoms with E-state index >= 15 is 0 Å². The quantitative estimate of drug-likeness (QED) is 0.743. The third-order valence-electron chi connectivity index (χ3n) is 6.03. The molecule has 4 heteroatoms. The van der Waals surface area contributed by atoms with Crippen molar-refractivity contribution >= 4 is 17.0 Å². The average molecular weight is 371 g/mol. The lowest BCUT2D eigenvalue weighted by Gasteiger charge is -2.37. The van der Waals surface area contributed by atoms with Gasteiger partial charge in [-0.1, -0.05) is 26.8 Å². The van der Waals surface area contributed by atoms with Crippen LogP contribution in [-0.2, 0) is 4.79 Å². The van der Waals surface area contributed by atoms with Crippen molar-refractivity contribution in [3.8, 4) is 5.75 Å². The largest absolute Gasteiger partial charge is 0.497 e. The number of piperazine rings is 1. The molecule has 27 heavy (non-hydrogen) atoms. The van der Waals surface area contributed by atoms with E-state index in [2.05, 4.69) is 47.9 Å². The van der Waals surface area contributed by atoms with Crippen LogP contribution in [0.5, 0.6) is 5.75 Å². The van der Waals surface area contributed by atoms with Gasteiger partial charge in [-0.05, 0) is 42.4 Å². The van der Waals surface area contributed by atoms with Gasteiger partial charge in [0.2, 0.25) is 0 Å². The third-order valence-corrected chi connectivity index (χ3v) is 6.03. The van der Waals surface area contributed by atoms with Crippen LogP contribution >= 0.6 is 0 Å². The van der Waals surface area contributed by atoms with Crippen LogP contribution in [0.1, 0.15) is 52.0 Å². The van der Waals surface area contributed by atoms with Gasteiger partial charge >= 0.3 is 0 Å². The van der Waals surface area contributed by atoms with E-state index < -0.39 is 0 Å². The number of allylic oxidation sites excluding steroid dienone is 2. The Bertz CT molecular complexity index is 700. The highest BCUT2D eigenvalue weighted by Crippen LogP contribution is 2.41. The van der Waals surface area contributed by atoms with E-state index in [-0.39, 0.29) is 0 Å². The molecule has 148 valence electrons. The Morgan fingerprint density at radius 3 is 2.52 bits per heavy atom. The van der Waals surface area contributed by atoms with Gasteiger partial charge < -0.3 is 9.64 Å². The summed E-state index contributed by atoms with van der Waals surface area (Å²) < 4.78 is 5.51. The van der Waals surface area contributed by atoms with Crippen molar-refractivity contribution in [1.82, 2.24) is 4.90 Å². The highest BCUT2D eigenvalue weighted by Gasteiger charge is 2.25. The monoisotopic (exact) mass is 370 g/mol. The number of carbonyl (C=O) groups excluding carboxylic acids is 1. The van der Waals surface area contributed by atoms with Crippen LogP contribution < -0.4 is 9.64 Å². The van der Waals surface area contributed by atoms with Gasteiger partial charge in [-0.25, -0.2) is 0 Å². The van der Waals surface area contributed by atoms with E-state index in [1.165, 1.54) is 23.2 Å². The molecule has 0 saturated carbocycles. The number of hydrogen-bond acceptors (Lipinski definition) is 4. The van der Waals surface area contributed by atoms with Crippen LogP contribution in [0.4, 0.5) is 5.69 Å². The van der Waals surface area contributed by atoms with Crippen molar-refractivity contribution in [2.75, 3.05) is 44.7 Å². The van der Waals surface area contributed by atoms with Gasteiger partial charge in [0, 0.05) is 49.9 Å². The van der Waals surface area contributed by atoms with Gasteiger partial charge in [0.15, 0.2) is 0 Å². The Kier molecular flexibility index (Phi) is 6.25. The van der Waals surface area contributed by atoms with Crippen molar-refractivity contribution in [1.29, 1.82) is 0 Å². The molecule has 0 amide bonds. The second-order valence-electron chi connectivity index (χ2n) is 8.64. The lowest BCUT2D eigenvalue weighted by atomic mass is 9.77. The van der Waals surface area contributed by atoms with Gasteiger partial charge in [0.05, 0.1) is 13.7 Å². The molecule has 1 heterocycles. The van der Waals surface area contributed by atoms with Crippen LogP contribution in [0.2, 0.25) is 0 Å². The lowest BCUT2D eigenvalue weighted by Crippen LogP contribution is -2.48. The topological polar surface area (TPSA) is 32.8 Å². The minimum atomic E-state index is 0.334. The third kappa shape index (κ3) is 4.92. The predicted molar refractivity (Wildman–Crippen MR) is 113 cm³/mol. The van der Waals surface area contributed by atoms with E-state index in [0.29, 0.717) is 24.2 Å². The molecule has 1 saturated heterocycles. The van der Waals surface area contributed by atoms with E-state index in [4.69, 9.17) is 4.74 Å². The molecule has 0 bridgehead atoms. The average Bonchev–Trinajstić information content (AvgIpc) is 2.68. The molecule has 0 atom stereocenters. The second kappa shape index (κ2) is 8.47. The maximum Gasteiger partial charge on any atom is 0.146 e. The fourth-order valence-electron chi connectivity index (χ4n) is 4.00. The highest BCUT2D eigenvalue weighted by atomic mass is 16.5. The summed E-state index contributed by atoms with van der Waals surface area (Å²) in [6.45, 7) is 11.0. The summed E-state index contributed by atoms with van der Waals surface area (Å²) in [4.78, 5) is 16.5. The van der Waals surface area contributed by atoms with Crippen molar-refractivity contribution in [2.24, 2.45) is 5.41 Å². The second-order valence-corrected chi connectivity index (χ2v) is 8.64. The summed E-state index contributed by atoms with van der Waals surface area (Å²) in [6, 6.07) is 6.49. The number of Topliss-reactive ketones (excluding diaryl/α,β-unsaturated/α-hetero) is 1. The van der Waals surface area contributed by atoms with Crippen molar-refractivity contribution in [2.45, 2.75) is 46.5 Å². The fourth-order valence-corrected chi connectivity index (χ4v) is 4.00. The van der Waals surface area contributed by atoms with Gasteiger partial charge in [-0.3, -0.25) is 9.69 Å². The SMILES string of the molecule is CCC(=O)CN1CCN(c2cc(OC)ccc2C2=CCC(C)(C)CC2)CC1. The standard InChI is InChI=1S/C23H34N2O2/c1-5-19(26)17-24-12-14-25(15-13-24)22-16-20(27-4)6-7-21(22)18-8-10-23(2,3)11-9-18/h6-8,16H,5,9-15,17H2,1-4H3. The minimum absolute atomic E-state index is 0.334. The summed E-state index contributed by atoms with van der Waals surface area (Å²) in [5.74, 6) is 1.24. The maximum atomic E-state index is 11.7. The lowest BCUT2D eigenvalue weighted by molar-refractivity contribution is -0.119. The molecule has 0 spiro atoms. The Morgan fingerprint density at radius 1 is 1.19 bits per heavy atom. The van der Waals surface area contributed by atoms with Crippen LogP contribution in [0, 0.1) is 5.41 Å². The number of ketones is 1. The molecule has 0 radical (unpaired) electrons. The zero-order valence-corrected chi connectivity index (χ0v) is 17.4. The van der Waals surface area contributed by atoms with Crippen molar-refractivity contribution < 1.29 is 9.53 Å². The first-order chi connectivity index (χ1) is 12.9. The number of ether oxygens (including phenoxy) is 1. The summed E-state index contributed by atoms with van der Waals surface area (Å²) in [7, 11) is 1.73. The summed E-state index contributed by atoms with van der Waals surface area (Å²) in [5, 5.41) is 0. The number of nitrogens with zero attached hydrogens (tertiary/aromatic N) is 2. The van der Waals surface area contributed by atoms with Gasteiger partial charge in [0.1, 0.15) is 11.5 Å². The van der Waals surface area contributed by atoms with Crippen LogP contribution in [0.15, 0.2) is 24.3 Å². The number of rotatable bonds is 6. The summed E-state index contributed by atoms with van der Waals surface area (Å²) in [6.07, 6.45) is 6.57. The highest BCUT2D eigenvalue weighted by molar-refractivity contribution is 5.80. The van der Waals surface area contributed by atoms with E-state index in [1.807, 2.05) is 6.92 Å². The molecule has 4 nitrogen and oxygen atoms in total. The first-order valence-corrected chi connectivity index (χ1v) is 10.3. The van der Waals surface area contributed by atoms with Gasteiger partial charge in [0.25, 0.3) is 0 Å². The Balaban J connectivity index is 1.78. The molecular formula is C23H34N2O2. The molecule has 3 rings (SSSR count). The number of anilines is 1. The zero-order valence-electron chi connectivity index (χ0n) is 17.4. The molecule has 1 aliphatic heterocycles. The normalized spacial score (nSPS) is 20.3. The summed E-state index contributed by atoms with van der Waals surface area (Å²) in [5.41, 5.74) is 4.51. The number of carbonyl (C=O) groups is 1. The molecule has 1 aromatic carbocycles. The van der Waals surface area contributed by atoms with Gasteiger partial charge in [-0.2, -0.15) is 0 Å². The zero-order chi connectivity index (χ0) is 19.4. The maximum absolute atomic E-state index is 11.7. The molecule has 1 aliphatic carbocycles. The Hall–Kier alpha value is -1.81. The smallest absolute Gasteiger partial charge is 0.146 e. The number of benzene rings is 1. The van der Waals surface area contributed by atoms with Gasteiger partial charge in [-0.15, -0.1) is 0 Å². The van der Waals surface area contributed by atoms with E-state index in [1.54, 1.807) is 7.11 Å². The predicted octanol–water partition coefficient (Wildman–Crippen LogP) is 4.39. The molecule has 0 N–H and O–H groups in total. The Morgan fingerprint density at radius 2 is 1.93 bits per heavy atom. The first kappa shape index (κ1) is 19.9. The Labute approximate surface area is 164 Å². The minimum Gasteiger partial charge on any atom is -0.497 e. The first-order valence-electron chi connectivity index (χ1n) is 10.3. The van der Waals surface area contributed by atoms with Crippen LogP contribution in [0.3, 0.4) is 0 Å². The molecule has 1 aromatic rings. The van der Waals surface area contributed by atoms with Crippen LogP contribution in [0.25, 0.3) is 5.57 Å². The molecule has 0 aromatic heterocycles. The van der Waals surface area contributed by atoms with Crippen molar-refractivity contribution in [3.05, 3.63) is 29.8 Å². The summed E-state index contributed by atoms with van der Waals surface area (Å²) >= 11 is 0.